The van der Waals surface area contributed by atoms with E-state index >= 15 is 0 Å². The van der Waals surface area contributed by atoms with Crippen molar-refractivity contribution in [3.8, 4) is 0 Å². The fourth-order valence-electron chi connectivity index (χ4n) is 2.24. The van der Waals surface area contributed by atoms with Gasteiger partial charge in [-0.1, -0.05) is 42.0 Å². The lowest BCUT2D eigenvalue weighted by Gasteiger charge is -2.18. The second-order valence-corrected chi connectivity index (χ2v) is 8.17. The molecular formula is C18H14ClF3I2. The molecule has 0 N–H and O–H groups in total. The molecule has 0 nitrogen and oxygen atoms in total. The average Bonchev–Trinajstić information content (AvgIpc) is 2.47. The summed E-state index contributed by atoms with van der Waals surface area (Å²) >= 11 is 10.1. The third kappa shape index (κ3) is 4.88. The summed E-state index contributed by atoms with van der Waals surface area (Å²) in [7, 11) is 0. The molecule has 0 fully saturated rings. The zero-order valence-corrected chi connectivity index (χ0v) is 18.0. The van der Waals surface area contributed by atoms with Crippen molar-refractivity contribution >= 4 is 62.9 Å². The zero-order valence-electron chi connectivity index (χ0n) is 12.9. The standard InChI is InChI=1S/C18H14ClF3I2/c1-10-3-4-12(7-11(10)2)5-6-14(18(20,21)22)13-8-15(19)17(24)16(23)9-13/h3-9,14H,1-2H3/b6-5+. The molecule has 0 saturated heterocycles. The lowest BCUT2D eigenvalue weighted by atomic mass is 9.96. The van der Waals surface area contributed by atoms with Crippen LogP contribution in [0.3, 0.4) is 0 Å². The number of aryl methyl sites for hydroxylation is 2. The number of halogens is 6. The van der Waals surface area contributed by atoms with Crippen LogP contribution < -0.4 is 0 Å². The third-order valence-electron chi connectivity index (χ3n) is 3.73. The maximum Gasteiger partial charge on any atom is 0.399 e. The summed E-state index contributed by atoms with van der Waals surface area (Å²) < 4.78 is 42.0. The average molecular weight is 577 g/mol. The van der Waals surface area contributed by atoms with Gasteiger partial charge in [0.2, 0.25) is 0 Å². The van der Waals surface area contributed by atoms with E-state index in [1.807, 2.05) is 77.2 Å². The van der Waals surface area contributed by atoms with Gasteiger partial charge in [-0.3, -0.25) is 0 Å². The van der Waals surface area contributed by atoms with Gasteiger partial charge in [-0.05, 0) is 93.4 Å². The molecule has 2 aromatic rings. The Morgan fingerprint density at radius 3 is 2.25 bits per heavy atom. The van der Waals surface area contributed by atoms with Gasteiger partial charge >= 0.3 is 6.18 Å². The molecule has 0 spiro atoms. The van der Waals surface area contributed by atoms with Crippen molar-refractivity contribution in [1.29, 1.82) is 0 Å². The Hall–Kier alpha value is -0.280. The fraction of sp³-hybridized carbons (Fsp3) is 0.222. The third-order valence-corrected chi connectivity index (χ3v) is 7.39. The van der Waals surface area contributed by atoms with Crippen molar-refractivity contribution < 1.29 is 13.2 Å². The lowest BCUT2D eigenvalue weighted by molar-refractivity contribution is -0.139. The summed E-state index contributed by atoms with van der Waals surface area (Å²) in [6.07, 6.45) is -1.67. The highest BCUT2D eigenvalue weighted by Gasteiger charge is 2.39. The highest BCUT2D eigenvalue weighted by molar-refractivity contribution is 14.1. The number of hydrogen-bond acceptors (Lipinski definition) is 0. The van der Waals surface area contributed by atoms with Crippen molar-refractivity contribution in [3.05, 3.63) is 70.8 Å². The van der Waals surface area contributed by atoms with E-state index < -0.39 is 12.1 Å². The first-order chi connectivity index (χ1) is 11.1. The first-order valence-corrected chi connectivity index (χ1v) is 9.59. The molecule has 1 unspecified atom stereocenters. The Morgan fingerprint density at radius 1 is 1.04 bits per heavy atom. The van der Waals surface area contributed by atoms with Crippen LogP contribution in [-0.4, -0.2) is 6.18 Å². The predicted molar refractivity (Wildman–Crippen MR) is 111 cm³/mol. The summed E-state index contributed by atoms with van der Waals surface area (Å²) in [5.41, 5.74) is 3.06. The van der Waals surface area contributed by atoms with E-state index in [0.29, 0.717) is 8.59 Å². The van der Waals surface area contributed by atoms with E-state index in [1.165, 1.54) is 24.3 Å². The summed E-state index contributed by atoms with van der Waals surface area (Å²) in [6, 6.07) is 8.54. The molecule has 0 radical (unpaired) electrons. The molecule has 2 aromatic carbocycles. The molecule has 0 amide bonds. The van der Waals surface area contributed by atoms with Gasteiger partial charge in [0.1, 0.15) is 0 Å². The van der Waals surface area contributed by atoms with Crippen molar-refractivity contribution in [3.63, 3.8) is 0 Å². The number of benzene rings is 2. The molecule has 0 saturated carbocycles. The Bertz CT molecular complexity index is 759. The molecular weight excluding hydrogens is 562 g/mol. The largest absolute Gasteiger partial charge is 0.399 e. The summed E-state index contributed by atoms with van der Waals surface area (Å²) in [4.78, 5) is 0. The van der Waals surface area contributed by atoms with Crippen LogP contribution in [0.1, 0.15) is 28.2 Å². The normalized spacial score (nSPS) is 13.5. The summed E-state index contributed by atoms with van der Waals surface area (Å²) in [6.45, 7) is 3.91. The van der Waals surface area contributed by atoms with Gasteiger partial charge in [-0.15, -0.1) is 0 Å². The highest BCUT2D eigenvalue weighted by atomic mass is 127. The van der Waals surface area contributed by atoms with Crippen LogP contribution in [0.15, 0.2) is 36.4 Å². The van der Waals surface area contributed by atoms with Gasteiger partial charge in [0.05, 0.1) is 10.9 Å². The first-order valence-electron chi connectivity index (χ1n) is 7.06. The molecule has 0 aliphatic carbocycles. The SMILES string of the molecule is Cc1ccc(/C=C/C(c2cc(Cl)c(I)c(I)c2)C(F)(F)F)cc1C. The lowest BCUT2D eigenvalue weighted by Crippen LogP contribution is -2.19. The molecule has 1 atom stereocenters. The second kappa shape index (κ2) is 7.95. The quantitative estimate of drug-likeness (QED) is 0.262. The summed E-state index contributed by atoms with van der Waals surface area (Å²) in [5, 5.41) is 0.339. The molecule has 6 heteroatoms. The maximum absolute atomic E-state index is 13.5. The Kier molecular flexibility index (Phi) is 6.64. The van der Waals surface area contributed by atoms with Crippen molar-refractivity contribution in [1.82, 2.24) is 0 Å². The van der Waals surface area contributed by atoms with E-state index in [9.17, 15) is 13.2 Å². The monoisotopic (exact) mass is 576 g/mol. The van der Waals surface area contributed by atoms with Crippen LogP contribution in [0.5, 0.6) is 0 Å². The van der Waals surface area contributed by atoms with E-state index in [0.717, 1.165) is 20.3 Å². The minimum Gasteiger partial charge on any atom is -0.170 e. The molecule has 0 heterocycles. The Morgan fingerprint density at radius 2 is 1.71 bits per heavy atom. The smallest absolute Gasteiger partial charge is 0.170 e. The minimum absolute atomic E-state index is 0.150. The minimum atomic E-state index is -4.38. The van der Waals surface area contributed by atoms with Crippen LogP contribution >= 0.6 is 56.8 Å². The van der Waals surface area contributed by atoms with E-state index in [1.54, 1.807) is 0 Å². The molecule has 24 heavy (non-hydrogen) atoms. The molecule has 0 bridgehead atoms. The Balaban J connectivity index is 2.43. The molecule has 2 rings (SSSR count). The molecule has 0 aromatic heterocycles. The van der Waals surface area contributed by atoms with Gasteiger partial charge in [0.25, 0.3) is 0 Å². The van der Waals surface area contributed by atoms with E-state index in [4.69, 9.17) is 11.6 Å². The molecule has 128 valence electrons. The van der Waals surface area contributed by atoms with Gasteiger partial charge in [-0.2, -0.15) is 13.2 Å². The van der Waals surface area contributed by atoms with Crippen molar-refractivity contribution in [2.75, 3.05) is 0 Å². The van der Waals surface area contributed by atoms with Gasteiger partial charge < -0.3 is 0 Å². The number of rotatable bonds is 3. The predicted octanol–water partition coefficient (Wildman–Crippen LogP) is 7.53. The van der Waals surface area contributed by atoms with Gasteiger partial charge in [-0.25, -0.2) is 0 Å². The van der Waals surface area contributed by atoms with Gasteiger partial charge in [0, 0.05) is 7.14 Å². The van der Waals surface area contributed by atoms with E-state index in [-0.39, 0.29) is 5.56 Å². The zero-order chi connectivity index (χ0) is 18.1. The molecule has 0 aliphatic rings. The number of allylic oxidation sites excluding steroid dienone is 1. The van der Waals surface area contributed by atoms with Crippen LogP contribution in [0.2, 0.25) is 5.02 Å². The van der Waals surface area contributed by atoms with Crippen LogP contribution in [-0.2, 0) is 0 Å². The number of hydrogen-bond donors (Lipinski definition) is 0. The Labute approximate surface area is 171 Å². The maximum atomic E-state index is 13.5. The highest BCUT2D eigenvalue weighted by Crippen LogP contribution is 2.39. The topological polar surface area (TPSA) is 0 Å². The van der Waals surface area contributed by atoms with Crippen molar-refractivity contribution in [2.45, 2.75) is 25.9 Å². The number of alkyl halides is 3. The first kappa shape index (κ1) is 20.0. The fourth-order valence-corrected chi connectivity index (χ4v) is 3.59. The van der Waals surface area contributed by atoms with Crippen LogP contribution in [0, 0.1) is 21.0 Å². The van der Waals surface area contributed by atoms with Crippen molar-refractivity contribution in [2.24, 2.45) is 0 Å². The van der Waals surface area contributed by atoms with Crippen LogP contribution in [0.25, 0.3) is 6.08 Å². The summed E-state index contributed by atoms with van der Waals surface area (Å²) in [5.74, 6) is -1.69. The van der Waals surface area contributed by atoms with Crippen LogP contribution in [0.4, 0.5) is 13.2 Å². The second-order valence-electron chi connectivity index (χ2n) is 5.52. The molecule has 0 aliphatic heterocycles. The van der Waals surface area contributed by atoms with Gasteiger partial charge in [0.15, 0.2) is 0 Å². The van der Waals surface area contributed by atoms with E-state index in [2.05, 4.69) is 0 Å².